The van der Waals surface area contributed by atoms with Crippen LogP contribution in [0.5, 0.6) is 0 Å². The molecule has 0 aromatic carbocycles. The fourth-order valence-electron chi connectivity index (χ4n) is 2.24. The normalized spacial score (nSPS) is 17.4. The van der Waals surface area contributed by atoms with E-state index < -0.39 is 6.09 Å². The minimum atomic E-state index is -0.411. The summed E-state index contributed by atoms with van der Waals surface area (Å²) in [7, 11) is 0. The molecule has 116 valence electrons. The van der Waals surface area contributed by atoms with Crippen molar-refractivity contribution >= 4 is 6.09 Å². The van der Waals surface area contributed by atoms with Crippen LogP contribution >= 0.6 is 0 Å². The number of amides is 1. The SMILES string of the molecule is O=C(NCc1ccc(-c2ccoc2)nc1)OCC1CCOC1. The molecule has 2 aromatic rings. The highest BCUT2D eigenvalue weighted by atomic mass is 16.6. The third kappa shape index (κ3) is 3.85. The number of hydrogen-bond acceptors (Lipinski definition) is 5. The molecule has 6 heteroatoms. The van der Waals surface area contributed by atoms with Gasteiger partial charge < -0.3 is 19.2 Å². The molecular formula is C16H18N2O4. The zero-order valence-corrected chi connectivity index (χ0v) is 12.2. The molecule has 3 rings (SSSR count). The van der Waals surface area contributed by atoms with Gasteiger partial charge in [0, 0.05) is 30.8 Å². The summed E-state index contributed by atoms with van der Waals surface area (Å²) >= 11 is 0. The van der Waals surface area contributed by atoms with E-state index in [1.807, 2.05) is 18.2 Å². The molecule has 1 N–H and O–H groups in total. The molecule has 1 unspecified atom stereocenters. The van der Waals surface area contributed by atoms with Crippen molar-refractivity contribution < 1.29 is 18.7 Å². The summed E-state index contributed by atoms with van der Waals surface area (Å²) in [5.41, 5.74) is 2.67. The Labute approximate surface area is 128 Å². The van der Waals surface area contributed by atoms with Crippen molar-refractivity contribution in [3.8, 4) is 11.3 Å². The zero-order chi connectivity index (χ0) is 15.2. The molecule has 0 aliphatic carbocycles. The number of nitrogens with zero attached hydrogens (tertiary/aromatic N) is 1. The molecule has 6 nitrogen and oxygen atoms in total. The first-order valence-corrected chi connectivity index (χ1v) is 7.27. The quantitative estimate of drug-likeness (QED) is 0.919. The van der Waals surface area contributed by atoms with Gasteiger partial charge >= 0.3 is 6.09 Å². The maximum atomic E-state index is 11.6. The lowest BCUT2D eigenvalue weighted by molar-refractivity contribution is 0.116. The van der Waals surface area contributed by atoms with Gasteiger partial charge in [0.1, 0.15) is 0 Å². The van der Waals surface area contributed by atoms with E-state index in [1.54, 1.807) is 18.7 Å². The third-order valence-electron chi connectivity index (χ3n) is 3.55. The van der Waals surface area contributed by atoms with Gasteiger partial charge in [-0.2, -0.15) is 0 Å². The Balaban J connectivity index is 1.43. The highest BCUT2D eigenvalue weighted by Crippen LogP contribution is 2.17. The maximum absolute atomic E-state index is 11.6. The molecule has 1 amide bonds. The van der Waals surface area contributed by atoms with Crippen molar-refractivity contribution in [3.63, 3.8) is 0 Å². The van der Waals surface area contributed by atoms with Crippen LogP contribution in [0.4, 0.5) is 4.79 Å². The summed E-state index contributed by atoms with van der Waals surface area (Å²) < 4.78 is 15.4. The lowest BCUT2D eigenvalue weighted by Crippen LogP contribution is -2.26. The van der Waals surface area contributed by atoms with Gasteiger partial charge in [-0.25, -0.2) is 4.79 Å². The standard InChI is InChI=1S/C16H18N2O4/c19-16(22-10-13-3-5-20-9-13)18-8-12-1-2-15(17-7-12)14-4-6-21-11-14/h1-2,4,6-7,11,13H,3,5,8-10H2,(H,18,19). The summed E-state index contributed by atoms with van der Waals surface area (Å²) in [6.07, 6.45) is 5.52. The van der Waals surface area contributed by atoms with Gasteiger partial charge in [-0.05, 0) is 24.1 Å². The smallest absolute Gasteiger partial charge is 0.407 e. The number of nitrogens with one attached hydrogen (secondary N) is 1. The molecule has 1 saturated heterocycles. The maximum Gasteiger partial charge on any atom is 0.407 e. The average molecular weight is 302 g/mol. The second kappa shape index (κ2) is 7.09. The van der Waals surface area contributed by atoms with Gasteiger partial charge in [0.2, 0.25) is 0 Å². The molecule has 0 radical (unpaired) electrons. The number of hydrogen-bond donors (Lipinski definition) is 1. The van der Waals surface area contributed by atoms with E-state index in [4.69, 9.17) is 13.9 Å². The Morgan fingerprint density at radius 3 is 3.05 bits per heavy atom. The summed E-state index contributed by atoms with van der Waals surface area (Å²) in [5, 5.41) is 2.72. The Morgan fingerprint density at radius 1 is 1.41 bits per heavy atom. The van der Waals surface area contributed by atoms with Gasteiger partial charge in [-0.15, -0.1) is 0 Å². The van der Waals surface area contributed by atoms with Crippen LogP contribution in [0.25, 0.3) is 11.3 Å². The van der Waals surface area contributed by atoms with Crippen LogP contribution in [0.3, 0.4) is 0 Å². The zero-order valence-electron chi connectivity index (χ0n) is 12.2. The molecule has 3 heterocycles. The van der Waals surface area contributed by atoms with Gasteiger partial charge in [0.15, 0.2) is 0 Å². The van der Waals surface area contributed by atoms with Crippen LogP contribution in [-0.4, -0.2) is 30.9 Å². The lowest BCUT2D eigenvalue weighted by atomic mass is 10.1. The molecule has 1 atom stereocenters. The van der Waals surface area contributed by atoms with E-state index in [-0.39, 0.29) is 0 Å². The fourth-order valence-corrected chi connectivity index (χ4v) is 2.24. The van der Waals surface area contributed by atoms with Crippen molar-refractivity contribution in [2.75, 3.05) is 19.8 Å². The van der Waals surface area contributed by atoms with Crippen LogP contribution in [-0.2, 0) is 16.0 Å². The average Bonchev–Trinajstić information content (AvgIpc) is 3.24. The topological polar surface area (TPSA) is 73.6 Å². The molecular weight excluding hydrogens is 284 g/mol. The monoisotopic (exact) mass is 302 g/mol. The highest BCUT2D eigenvalue weighted by Gasteiger charge is 2.17. The minimum Gasteiger partial charge on any atom is -0.472 e. The van der Waals surface area contributed by atoms with E-state index in [1.165, 1.54) is 0 Å². The second-order valence-corrected chi connectivity index (χ2v) is 5.25. The van der Waals surface area contributed by atoms with Crippen LogP contribution in [0.15, 0.2) is 41.3 Å². The molecule has 22 heavy (non-hydrogen) atoms. The Kier molecular flexibility index (Phi) is 4.70. The number of furan rings is 1. The van der Waals surface area contributed by atoms with E-state index in [0.717, 1.165) is 29.8 Å². The number of alkyl carbamates (subject to hydrolysis) is 1. The first-order chi connectivity index (χ1) is 10.8. The molecule has 1 fully saturated rings. The third-order valence-corrected chi connectivity index (χ3v) is 3.55. The summed E-state index contributed by atoms with van der Waals surface area (Å²) in [6.45, 7) is 2.22. The van der Waals surface area contributed by atoms with Crippen molar-refractivity contribution in [1.29, 1.82) is 0 Å². The molecule has 1 aliphatic rings. The number of rotatable bonds is 5. The van der Waals surface area contributed by atoms with Gasteiger partial charge in [-0.1, -0.05) is 6.07 Å². The Hall–Kier alpha value is -2.34. The summed E-state index contributed by atoms with van der Waals surface area (Å²) in [5.74, 6) is 0.321. The lowest BCUT2D eigenvalue weighted by Gasteiger charge is -2.10. The van der Waals surface area contributed by atoms with Crippen molar-refractivity contribution in [2.45, 2.75) is 13.0 Å². The molecule has 1 aliphatic heterocycles. The molecule has 0 bridgehead atoms. The van der Waals surface area contributed by atoms with E-state index in [0.29, 0.717) is 25.7 Å². The number of carbonyl (C=O) groups is 1. The number of carbonyl (C=O) groups excluding carboxylic acids is 1. The largest absolute Gasteiger partial charge is 0.472 e. The first kappa shape index (κ1) is 14.6. The van der Waals surface area contributed by atoms with Crippen LogP contribution in [0.1, 0.15) is 12.0 Å². The molecule has 2 aromatic heterocycles. The number of ether oxygens (including phenoxy) is 2. The summed E-state index contributed by atoms with van der Waals surface area (Å²) in [6, 6.07) is 5.66. The van der Waals surface area contributed by atoms with Crippen molar-refractivity contribution in [1.82, 2.24) is 10.3 Å². The van der Waals surface area contributed by atoms with E-state index in [9.17, 15) is 4.79 Å². The highest BCUT2D eigenvalue weighted by molar-refractivity contribution is 5.67. The minimum absolute atomic E-state index is 0.321. The van der Waals surface area contributed by atoms with Gasteiger partial charge in [0.05, 0.1) is 31.4 Å². The predicted octanol–water partition coefficient (Wildman–Crippen LogP) is 2.60. The van der Waals surface area contributed by atoms with Crippen LogP contribution < -0.4 is 5.32 Å². The Bertz CT molecular complexity index is 589. The van der Waals surface area contributed by atoms with E-state index in [2.05, 4.69) is 10.3 Å². The van der Waals surface area contributed by atoms with Crippen LogP contribution in [0.2, 0.25) is 0 Å². The predicted molar refractivity (Wildman–Crippen MR) is 79.1 cm³/mol. The molecule has 0 saturated carbocycles. The molecule has 0 spiro atoms. The van der Waals surface area contributed by atoms with E-state index >= 15 is 0 Å². The number of pyridine rings is 1. The van der Waals surface area contributed by atoms with Crippen LogP contribution in [0, 0.1) is 5.92 Å². The van der Waals surface area contributed by atoms with Crippen molar-refractivity contribution in [3.05, 3.63) is 42.5 Å². The van der Waals surface area contributed by atoms with Crippen molar-refractivity contribution in [2.24, 2.45) is 5.92 Å². The van der Waals surface area contributed by atoms with Gasteiger partial charge in [0.25, 0.3) is 0 Å². The Morgan fingerprint density at radius 2 is 2.36 bits per heavy atom. The fraction of sp³-hybridized carbons (Fsp3) is 0.375. The summed E-state index contributed by atoms with van der Waals surface area (Å²) in [4.78, 5) is 16.0. The number of aromatic nitrogens is 1. The second-order valence-electron chi connectivity index (χ2n) is 5.25. The van der Waals surface area contributed by atoms with Gasteiger partial charge in [-0.3, -0.25) is 4.98 Å². The first-order valence-electron chi connectivity index (χ1n) is 7.27.